The average Bonchev–Trinajstić information content (AvgIpc) is 3.89. The van der Waals surface area contributed by atoms with Gasteiger partial charge in [0, 0.05) is 53.1 Å². The Morgan fingerprint density at radius 2 is 0.885 bits per heavy atom. The van der Waals surface area contributed by atoms with Crippen molar-refractivity contribution in [3.05, 3.63) is 182 Å². The fourth-order valence-corrected chi connectivity index (χ4v) is 10.4. The molecular formula is C48H30N2S2. The van der Waals surface area contributed by atoms with Crippen LogP contribution in [-0.4, -0.2) is 4.57 Å². The smallest absolute Gasteiger partial charge is 0.0640 e. The van der Waals surface area contributed by atoms with Crippen molar-refractivity contribution in [3.8, 4) is 16.8 Å². The first-order valence-electron chi connectivity index (χ1n) is 17.6. The van der Waals surface area contributed by atoms with E-state index in [0.717, 1.165) is 5.69 Å². The maximum atomic E-state index is 2.48. The molecule has 0 bridgehead atoms. The lowest BCUT2D eigenvalue weighted by Gasteiger charge is -2.27. The van der Waals surface area contributed by atoms with Crippen LogP contribution in [0.1, 0.15) is 0 Å². The summed E-state index contributed by atoms with van der Waals surface area (Å²) in [6.07, 6.45) is 0. The minimum Gasteiger partial charge on any atom is -0.309 e. The van der Waals surface area contributed by atoms with E-state index in [-0.39, 0.29) is 0 Å². The first kappa shape index (κ1) is 29.5. The molecule has 0 saturated carbocycles. The molecule has 0 atom stereocenters. The summed E-state index contributed by atoms with van der Waals surface area (Å²) in [6.45, 7) is 0. The Morgan fingerprint density at radius 3 is 1.54 bits per heavy atom. The lowest BCUT2D eigenvalue weighted by atomic mass is 10.0. The summed E-state index contributed by atoms with van der Waals surface area (Å²) in [4.78, 5) is 2.48. The van der Waals surface area contributed by atoms with E-state index in [4.69, 9.17) is 0 Å². The summed E-state index contributed by atoms with van der Waals surface area (Å²) in [5.41, 5.74) is 9.52. The lowest BCUT2D eigenvalue weighted by Crippen LogP contribution is -2.10. The molecule has 52 heavy (non-hydrogen) atoms. The lowest BCUT2D eigenvalue weighted by molar-refractivity contribution is 1.18. The highest BCUT2D eigenvalue weighted by molar-refractivity contribution is 7.27. The second kappa shape index (κ2) is 11.7. The van der Waals surface area contributed by atoms with Crippen LogP contribution in [0.25, 0.3) is 79.0 Å². The van der Waals surface area contributed by atoms with E-state index in [1.807, 2.05) is 22.7 Å². The van der Waals surface area contributed by atoms with E-state index in [9.17, 15) is 0 Å². The van der Waals surface area contributed by atoms with Crippen LogP contribution in [-0.2, 0) is 0 Å². The summed E-state index contributed by atoms with van der Waals surface area (Å²) < 4.78 is 7.60. The van der Waals surface area contributed by atoms with Gasteiger partial charge in [-0.2, -0.15) is 0 Å². The maximum absolute atomic E-state index is 2.48. The molecule has 0 spiro atoms. The fourth-order valence-electron chi connectivity index (χ4n) is 8.03. The number of anilines is 3. The summed E-state index contributed by atoms with van der Waals surface area (Å²) in [7, 11) is 0. The predicted molar refractivity (Wildman–Crippen MR) is 227 cm³/mol. The van der Waals surface area contributed by atoms with Gasteiger partial charge < -0.3 is 9.47 Å². The Hall–Kier alpha value is -6.20. The molecule has 3 heterocycles. The van der Waals surface area contributed by atoms with Crippen molar-refractivity contribution in [1.82, 2.24) is 4.57 Å². The van der Waals surface area contributed by atoms with Crippen molar-refractivity contribution < 1.29 is 0 Å². The monoisotopic (exact) mass is 698 g/mol. The second-order valence-corrected chi connectivity index (χ2v) is 15.4. The Morgan fingerprint density at radius 1 is 0.365 bits per heavy atom. The number of fused-ring (bicyclic) bond motifs is 9. The van der Waals surface area contributed by atoms with Crippen molar-refractivity contribution in [2.75, 3.05) is 4.90 Å². The fraction of sp³-hybridized carbons (Fsp3) is 0. The van der Waals surface area contributed by atoms with Crippen LogP contribution in [0, 0.1) is 0 Å². The Labute approximate surface area is 308 Å². The zero-order chi connectivity index (χ0) is 34.2. The van der Waals surface area contributed by atoms with Crippen molar-refractivity contribution in [1.29, 1.82) is 0 Å². The molecule has 0 aliphatic rings. The highest BCUT2D eigenvalue weighted by Gasteiger charge is 2.22. The van der Waals surface area contributed by atoms with Gasteiger partial charge >= 0.3 is 0 Å². The molecule has 8 aromatic carbocycles. The van der Waals surface area contributed by atoms with E-state index in [1.165, 1.54) is 90.3 Å². The first-order chi connectivity index (χ1) is 25.8. The largest absolute Gasteiger partial charge is 0.309 e. The number of para-hydroxylation sites is 2. The van der Waals surface area contributed by atoms with Crippen LogP contribution in [0.3, 0.4) is 0 Å². The van der Waals surface area contributed by atoms with Crippen molar-refractivity contribution in [2.24, 2.45) is 0 Å². The van der Waals surface area contributed by atoms with Gasteiger partial charge in [0.1, 0.15) is 0 Å². The molecule has 4 heteroatoms. The molecule has 0 N–H and O–H groups in total. The van der Waals surface area contributed by atoms with Crippen LogP contribution < -0.4 is 4.90 Å². The Kier molecular flexibility index (Phi) is 6.63. The Balaban J connectivity index is 1.10. The molecule has 0 saturated heterocycles. The third-order valence-corrected chi connectivity index (χ3v) is 12.8. The first-order valence-corrected chi connectivity index (χ1v) is 19.2. The number of hydrogen-bond acceptors (Lipinski definition) is 3. The highest BCUT2D eigenvalue weighted by Crippen LogP contribution is 2.49. The van der Waals surface area contributed by atoms with Gasteiger partial charge in [-0.1, -0.05) is 121 Å². The van der Waals surface area contributed by atoms with Gasteiger partial charge in [0.05, 0.1) is 31.8 Å². The molecule has 3 aromatic heterocycles. The molecule has 0 unspecified atom stereocenters. The van der Waals surface area contributed by atoms with Gasteiger partial charge in [0.25, 0.3) is 0 Å². The maximum Gasteiger partial charge on any atom is 0.0640 e. The van der Waals surface area contributed by atoms with Crippen LogP contribution in [0.15, 0.2) is 182 Å². The Bertz CT molecular complexity index is 3020. The van der Waals surface area contributed by atoms with Gasteiger partial charge in [-0.3, -0.25) is 0 Å². The third-order valence-electron chi connectivity index (χ3n) is 10.4. The van der Waals surface area contributed by atoms with Crippen molar-refractivity contribution >= 4 is 102 Å². The summed E-state index contributed by atoms with van der Waals surface area (Å²) >= 11 is 3.76. The molecule has 0 amide bonds. The average molecular weight is 699 g/mol. The second-order valence-electron chi connectivity index (χ2n) is 13.3. The quantitative estimate of drug-likeness (QED) is 0.174. The van der Waals surface area contributed by atoms with Crippen LogP contribution in [0.2, 0.25) is 0 Å². The molecule has 11 aromatic rings. The van der Waals surface area contributed by atoms with E-state index < -0.39 is 0 Å². The molecule has 0 aliphatic heterocycles. The number of hydrogen-bond donors (Lipinski definition) is 0. The summed E-state index contributed by atoms with van der Waals surface area (Å²) in [5, 5.41) is 7.74. The van der Waals surface area contributed by atoms with Crippen molar-refractivity contribution in [2.45, 2.75) is 0 Å². The molecule has 2 nitrogen and oxygen atoms in total. The number of nitrogens with zero attached hydrogens (tertiary/aromatic N) is 2. The normalized spacial score (nSPS) is 11.8. The SMILES string of the molecule is c1ccc(-n2c3ccccc3c3ccc(-c4ccc(N(c5cccc6c5sc5ccccc56)c5cccc6c5sc5ccccc56)cc4)cc32)cc1. The van der Waals surface area contributed by atoms with E-state index in [1.54, 1.807) is 0 Å². The molecule has 0 aliphatic carbocycles. The minimum absolute atomic E-state index is 1.14. The highest BCUT2D eigenvalue weighted by atomic mass is 32.1. The molecule has 244 valence electrons. The molecular weight excluding hydrogens is 669 g/mol. The topological polar surface area (TPSA) is 8.17 Å². The predicted octanol–water partition coefficient (Wildman–Crippen LogP) is 14.7. The molecule has 0 radical (unpaired) electrons. The molecule has 0 fully saturated rings. The summed E-state index contributed by atoms with van der Waals surface area (Å²) in [6, 6.07) is 66.6. The zero-order valence-electron chi connectivity index (χ0n) is 28.0. The van der Waals surface area contributed by atoms with Gasteiger partial charge in [-0.25, -0.2) is 0 Å². The van der Waals surface area contributed by atoms with Crippen molar-refractivity contribution in [3.63, 3.8) is 0 Å². The van der Waals surface area contributed by atoms with Crippen LogP contribution in [0.5, 0.6) is 0 Å². The van der Waals surface area contributed by atoms with Gasteiger partial charge in [-0.05, 0) is 71.8 Å². The number of rotatable bonds is 5. The number of aromatic nitrogens is 1. The van der Waals surface area contributed by atoms with Gasteiger partial charge in [0.15, 0.2) is 0 Å². The number of benzene rings is 8. The van der Waals surface area contributed by atoms with E-state index in [2.05, 4.69) is 191 Å². The zero-order valence-corrected chi connectivity index (χ0v) is 29.7. The standard InChI is InChI=1S/C48H30N2S2/c1-2-12-33(13-3-1)49-41-19-7-4-14-35(41)36-29-26-32(30-44(36)49)31-24-27-34(28-25-31)50(42-20-10-17-39-37-15-5-8-22-45(37)51-47(39)42)43-21-11-18-40-38-16-6-9-23-46(38)52-48(40)43/h1-30H. The third kappa shape index (κ3) is 4.48. The van der Waals surface area contributed by atoms with E-state index in [0.29, 0.717) is 0 Å². The van der Waals surface area contributed by atoms with Gasteiger partial charge in [-0.15, -0.1) is 22.7 Å². The van der Waals surface area contributed by atoms with E-state index >= 15 is 0 Å². The summed E-state index contributed by atoms with van der Waals surface area (Å²) in [5.74, 6) is 0. The minimum atomic E-state index is 1.14. The molecule has 11 rings (SSSR count). The van der Waals surface area contributed by atoms with Crippen LogP contribution in [0.4, 0.5) is 17.1 Å². The van der Waals surface area contributed by atoms with Crippen LogP contribution >= 0.6 is 22.7 Å². The number of thiophene rings is 2. The van der Waals surface area contributed by atoms with Gasteiger partial charge in [0.2, 0.25) is 0 Å².